The van der Waals surface area contributed by atoms with Crippen LogP contribution in [0.25, 0.3) is 0 Å². The van der Waals surface area contributed by atoms with Gasteiger partial charge in [-0.3, -0.25) is 9.59 Å². The Balaban J connectivity index is 2.07. The van der Waals surface area contributed by atoms with Crippen molar-refractivity contribution >= 4 is 23.5 Å². The summed E-state index contributed by atoms with van der Waals surface area (Å²) < 4.78 is 4.73. The summed E-state index contributed by atoms with van der Waals surface area (Å²) in [5.41, 5.74) is -0.668. The average molecular weight is 360 g/mol. The van der Waals surface area contributed by atoms with Crippen molar-refractivity contribution in [1.29, 1.82) is 0 Å². The van der Waals surface area contributed by atoms with Gasteiger partial charge in [-0.05, 0) is 38.8 Å². The highest BCUT2D eigenvalue weighted by Gasteiger charge is 2.37. The van der Waals surface area contributed by atoms with Crippen LogP contribution in [0.5, 0.6) is 0 Å². The van der Waals surface area contributed by atoms with Gasteiger partial charge in [-0.2, -0.15) is 0 Å². The number of ether oxygens (including phenoxy) is 1. The SMILES string of the molecule is COC(=O)c1ccccc1NC(=O)C(C)(C)C(=O)NC1CCCCCC1. The standard InChI is InChI=1S/C20H28N2O4/c1-20(2,18(24)21-14-10-6-4-5-7-11-14)19(25)22-16-13-9-8-12-15(16)17(23)26-3/h8-9,12-14H,4-7,10-11H2,1-3H3,(H,21,24)(H,22,25). The predicted molar refractivity (Wildman–Crippen MR) is 99.8 cm³/mol. The molecule has 6 nitrogen and oxygen atoms in total. The van der Waals surface area contributed by atoms with Crippen molar-refractivity contribution < 1.29 is 19.1 Å². The van der Waals surface area contributed by atoms with Gasteiger partial charge in [0.1, 0.15) is 5.41 Å². The molecule has 6 heteroatoms. The summed E-state index contributed by atoms with van der Waals surface area (Å²) in [7, 11) is 1.28. The molecule has 142 valence electrons. The predicted octanol–water partition coefficient (Wildman–Crippen LogP) is 3.28. The number of para-hydroxylation sites is 1. The van der Waals surface area contributed by atoms with Crippen LogP contribution in [-0.2, 0) is 14.3 Å². The van der Waals surface area contributed by atoms with Gasteiger partial charge in [0, 0.05) is 6.04 Å². The van der Waals surface area contributed by atoms with Gasteiger partial charge in [-0.25, -0.2) is 4.79 Å². The lowest BCUT2D eigenvalue weighted by Crippen LogP contribution is -2.48. The molecular formula is C20H28N2O4. The largest absolute Gasteiger partial charge is 0.465 e. The fraction of sp³-hybridized carbons (Fsp3) is 0.550. The molecule has 2 amide bonds. The van der Waals surface area contributed by atoms with E-state index in [0.29, 0.717) is 5.69 Å². The zero-order chi connectivity index (χ0) is 19.2. The second kappa shape index (κ2) is 8.83. The zero-order valence-electron chi connectivity index (χ0n) is 15.8. The highest BCUT2D eigenvalue weighted by atomic mass is 16.5. The third kappa shape index (κ3) is 4.84. The summed E-state index contributed by atoms with van der Waals surface area (Å²) in [4.78, 5) is 37.3. The zero-order valence-corrected chi connectivity index (χ0v) is 15.8. The minimum Gasteiger partial charge on any atom is -0.465 e. The van der Waals surface area contributed by atoms with Crippen molar-refractivity contribution in [3.63, 3.8) is 0 Å². The summed E-state index contributed by atoms with van der Waals surface area (Å²) in [6.07, 6.45) is 6.50. The number of amides is 2. The van der Waals surface area contributed by atoms with Crippen molar-refractivity contribution in [3.05, 3.63) is 29.8 Å². The lowest BCUT2D eigenvalue weighted by Gasteiger charge is -2.26. The third-order valence-corrected chi connectivity index (χ3v) is 4.91. The highest BCUT2D eigenvalue weighted by Crippen LogP contribution is 2.24. The van der Waals surface area contributed by atoms with Crippen LogP contribution in [0.4, 0.5) is 5.69 Å². The molecule has 1 aliphatic rings. The molecule has 1 aromatic carbocycles. The molecule has 1 aliphatic carbocycles. The first-order valence-corrected chi connectivity index (χ1v) is 9.16. The molecule has 1 aromatic rings. The van der Waals surface area contributed by atoms with Crippen LogP contribution < -0.4 is 10.6 Å². The van der Waals surface area contributed by atoms with E-state index in [4.69, 9.17) is 4.74 Å². The van der Waals surface area contributed by atoms with E-state index in [9.17, 15) is 14.4 Å². The highest BCUT2D eigenvalue weighted by molar-refractivity contribution is 6.11. The first-order chi connectivity index (χ1) is 12.4. The number of nitrogens with one attached hydrogen (secondary N) is 2. The van der Waals surface area contributed by atoms with Gasteiger partial charge in [-0.15, -0.1) is 0 Å². The Labute approximate surface area is 154 Å². The van der Waals surface area contributed by atoms with E-state index >= 15 is 0 Å². The van der Waals surface area contributed by atoms with E-state index in [0.717, 1.165) is 25.7 Å². The fourth-order valence-corrected chi connectivity index (χ4v) is 3.05. The summed E-state index contributed by atoms with van der Waals surface area (Å²) in [5, 5.41) is 5.72. The summed E-state index contributed by atoms with van der Waals surface area (Å²) in [6, 6.07) is 6.70. The van der Waals surface area contributed by atoms with Gasteiger partial charge in [0.25, 0.3) is 0 Å². The van der Waals surface area contributed by atoms with Crippen molar-refractivity contribution in [2.75, 3.05) is 12.4 Å². The summed E-state index contributed by atoms with van der Waals surface area (Å²) in [6.45, 7) is 3.18. The molecule has 0 radical (unpaired) electrons. The number of methoxy groups -OCH3 is 1. The first kappa shape index (κ1) is 19.9. The van der Waals surface area contributed by atoms with Crippen LogP contribution in [0.3, 0.4) is 0 Å². The molecule has 0 heterocycles. The minimum absolute atomic E-state index is 0.124. The van der Waals surface area contributed by atoms with Gasteiger partial charge >= 0.3 is 5.97 Å². The Kier molecular flexibility index (Phi) is 6.77. The lowest BCUT2D eigenvalue weighted by atomic mass is 9.90. The number of anilines is 1. The van der Waals surface area contributed by atoms with Gasteiger partial charge in [-0.1, -0.05) is 37.8 Å². The second-order valence-electron chi connectivity index (χ2n) is 7.28. The number of rotatable bonds is 5. The average Bonchev–Trinajstić information content (AvgIpc) is 2.90. The van der Waals surface area contributed by atoms with E-state index in [2.05, 4.69) is 10.6 Å². The van der Waals surface area contributed by atoms with Crippen molar-refractivity contribution in [2.45, 2.75) is 58.4 Å². The summed E-state index contributed by atoms with van der Waals surface area (Å²) >= 11 is 0. The van der Waals surface area contributed by atoms with Crippen LogP contribution in [-0.4, -0.2) is 30.9 Å². The number of esters is 1. The Morgan fingerprint density at radius 1 is 1.00 bits per heavy atom. The van der Waals surface area contributed by atoms with Crippen molar-refractivity contribution in [1.82, 2.24) is 5.32 Å². The maximum atomic E-state index is 12.7. The van der Waals surface area contributed by atoms with Crippen molar-refractivity contribution in [3.8, 4) is 0 Å². The van der Waals surface area contributed by atoms with Crippen LogP contribution >= 0.6 is 0 Å². The van der Waals surface area contributed by atoms with Crippen molar-refractivity contribution in [2.24, 2.45) is 5.41 Å². The van der Waals surface area contributed by atoms with E-state index in [1.165, 1.54) is 20.0 Å². The second-order valence-corrected chi connectivity index (χ2v) is 7.28. The van der Waals surface area contributed by atoms with Gasteiger partial charge < -0.3 is 15.4 Å². The van der Waals surface area contributed by atoms with Gasteiger partial charge in [0.15, 0.2) is 0 Å². The van der Waals surface area contributed by atoms with E-state index in [1.54, 1.807) is 38.1 Å². The molecule has 1 fully saturated rings. The maximum Gasteiger partial charge on any atom is 0.339 e. The van der Waals surface area contributed by atoms with Crippen LogP contribution in [0.15, 0.2) is 24.3 Å². The topological polar surface area (TPSA) is 84.5 Å². The Morgan fingerprint density at radius 2 is 1.62 bits per heavy atom. The summed E-state index contributed by atoms with van der Waals surface area (Å²) in [5.74, 6) is -1.29. The molecule has 2 rings (SSSR count). The quantitative estimate of drug-likeness (QED) is 0.479. The van der Waals surface area contributed by atoms with Gasteiger partial charge in [0.2, 0.25) is 11.8 Å². The molecule has 0 bridgehead atoms. The number of benzene rings is 1. The molecule has 0 aromatic heterocycles. The van der Waals surface area contributed by atoms with E-state index in [1.807, 2.05) is 0 Å². The molecule has 0 spiro atoms. The molecule has 26 heavy (non-hydrogen) atoms. The molecule has 0 aliphatic heterocycles. The number of carbonyl (C=O) groups excluding carboxylic acids is 3. The lowest BCUT2D eigenvalue weighted by molar-refractivity contribution is -0.138. The molecule has 0 saturated heterocycles. The Bertz CT molecular complexity index is 662. The molecule has 1 saturated carbocycles. The third-order valence-electron chi connectivity index (χ3n) is 4.91. The smallest absolute Gasteiger partial charge is 0.339 e. The number of hydrogen-bond donors (Lipinski definition) is 2. The van der Waals surface area contributed by atoms with Crippen LogP contribution in [0, 0.1) is 5.41 Å². The fourth-order valence-electron chi connectivity index (χ4n) is 3.05. The Hall–Kier alpha value is -2.37. The molecular weight excluding hydrogens is 332 g/mol. The van der Waals surface area contributed by atoms with Crippen LogP contribution in [0.1, 0.15) is 62.7 Å². The van der Waals surface area contributed by atoms with Crippen LogP contribution in [0.2, 0.25) is 0 Å². The number of carbonyl (C=O) groups is 3. The molecule has 0 unspecified atom stereocenters. The molecule has 2 N–H and O–H groups in total. The maximum absolute atomic E-state index is 12.7. The van der Waals surface area contributed by atoms with E-state index in [-0.39, 0.29) is 17.5 Å². The molecule has 0 atom stereocenters. The normalized spacial score (nSPS) is 15.7. The monoisotopic (exact) mass is 360 g/mol. The Morgan fingerprint density at radius 3 is 2.23 bits per heavy atom. The van der Waals surface area contributed by atoms with Gasteiger partial charge in [0.05, 0.1) is 18.4 Å². The first-order valence-electron chi connectivity index (χ1n) is 9.16. The number of hydrogen-bond acceptors (Lipinski definition) is 4. The minimum atomic E-state index is -1.25. The van der Waals surface area contributed by atoms with E-state index < -0.39 is 17.3 Å².